The highest BCUT2D eigenvalue weighted by Gasteiger charge is 2.56. The summed E-state index contributed by atoms with van der Waals surface area (Å²) in [5.41, 5.74) is 12.5. The van der Waals surface area contributed by atoms with Crippen LogP contribution in [0, 0.1) is 0 Å². The van der Waals surface area contributed by atoms with Crippen LogP contribution in [0.5, 0.6) is 11.5 Å². The third-order valence-electron chi connectivity index (χ3n) is 9.64. The number of ether oxygens (including phenoxy) is 10. The number of azide groups is 1. The van der Waals surface area contributed by atoms with Crippen LogP contribution in [-0.4, -0.2) is 99.2 Å². The summed E-state index contributed by atoms with van der Waals surface area (Å²) in [6.07, 6.45) is -12.3. The summed E-state index contributed by atoms with van der Waals surface area (Å²) in [6.45, 7) is 1.33. The van der Waals surface area contributed by atoms with E-state index < -0.39 is 73.3 Å². The van der Waals surface area contributed by atoms with Crippen LogP contribution in [0.2, 0.25) is 0 Å². The second-order valence-corrected chi connectivity index (χ2v) is 13.7. The Kier molecular flexibility index (Phi) is 15.6. The molecule has 2 heterocycles. The van der Waals surface area contributed by atoms with E-state index in [2.05, 4.69) is 10.0 Å². The first-order valence-electron chi connectivity index (χ1n) is 18.9. The third kappa shape index (κ3) is 11.6. The van der Waals surface area contributed by atoms with E-state index in [4.69, 9.17) is 47.4 Å². The van der Waals surface area contributed by atoms with Gasteiger partial charge >= 0.3 is 11.9 Å². The second-order valence-electron chi connectivity index (χ2n) is 13.7. The van der Waals surface area contributed by atoms with E-state index >= 15 is 0 Å². The van der Waals surface area contributed by atoms with Crippen molar-refractivity contribution < 1.29 is 62.1 Å². The topological polar surface area (TPSA) is 195 Å². The molecule has 0 bridgehead atoms. The van der Waals surface area contributed by atoms with Gasteiger partial charge in [-0.05, 0) is 46.5 Å². The number of methoxy groups -OCH3 is 2. The van der Waals surface area contributed by atoms with Crippen molar-refractivity contribution in [3.63, 3.8) is 0 Å². The predicted molar refractivity (Wildman–Crippen MR) is 208 cm³/mol. The van der Waals surface area contributed by atoms with E-state index in [0.717, 1.165) is 30.7 Å². The molecule has 0 amide bonds. The summed E-state index contributed by atoms with van der Waals surface area (Å²) in [6, 6.07) is 33.6. The van der Waals surface area contributed by atoms with Gasteiger partial charge in [-0.3, -0.25) is 4.79 Å². The van der Waals surface area contributed by atoms with Crippen molar-refractivity contribution in [1.29, 1.82) is 0 Å². The fraction of sp³-hybridized carbons (Fsp3) is 0.395. The monoisotopic (exact) mass is 813 g/mol. The van der Waals surface area contributed by atoms with Gasteiger partial charge in [0.1, 0.15) is 42.0 Å². The highest BCUT2D eigenvalue weighted by Crippen LogP contribution is 2.36. The summed E-state index contributed by atoms with van der Waals surface area (Å²) in [5.74, 6) is -0.655. The van der Waals surface area contributed by atoms with Crippen LogP contribution >= 0.6 is 0 Å². The lowest BCUT2D eigenvalue weighted by molar-refractivity contribution is -0.341. The Hall–Kier alpha value is -5.55. The van der Waals surface area contributed by atoms with E-state index in [-0.39, 0.29) is 26.4 Å². The molecule has 16 heteroatoms. The van der Waals surface area contributed by atoms with Crippen molar-refractivity contribution >= 4 is 11.9 Å². The quantitative estimate of drug-likeness (QED) is 0.0578. The summed E-state index contributed by atoms with van der Waals surface area (Å²) < 4.78 is 60.7. The SMILES string of the molecule is COC(=O)[C@@H]1O[C@H](O)[C@H](OC(C)=O)[C@@H](OCc2ccccc2)[C@@H]1O[C@H]1O[C@H](COCc2ccccc2)[C@@H](Oc2ccc(OC)cc2)[C@H](OCc2ccccc2)[C@H]1N=[N+]=[N-]. The average Bonchev–Trinajstić information content (AvgIpc) is 3.26. The minimum absolute atomic E-state index is 0.0500. The van der Waals surface area contributed by atoms with E-state index in [1.807, 2.05) is 91.0 Å². The molecule has 2 aliphatic rings. The molecule has 0 unspecified atom stereocenters. The number of aliphatic hydroxyl groups excluding tert-OH is 1. The van der Waals surface area contributed by atoms with Crippen molar-refractivity contribution in [2.45, 2.75) is 88.1 Å². The Bertz CT molecular complexity index is 1950. The van der Waals surface area contributed by atoms with Gasteiger partial charge in [0.05, 0.1) is 40.6 Å². The maximum Gasteiger partial charge on any atom is 0.337 e. The fourth-order valence-electron chi connectivity index (χ4n) is 6.81. The van der Waals surface area contributed by atoms with Gasteiger partial charge in [-0.25, -0.2) is 4.79 Å². The van der Waals surface area contributed by atoms with Crippen molar-refractivity contribution in [2.75, 3.05) is 20.8 Å². The van der Waals surface area contributed by atoms with Gasteiger partial charge in [-0.15, -0.1) is 0 Å². The highest BCUT2D eigenvalue weighted by atomic mass is 16.7. The molecule has 312 valence electrons. The number of carbonyl (C=O) groups excluding carboxylic acids is 2. The van der Waals surface area contributed by atoms with E-state index in [1.54, 1.807) is 31.4 Å². The van der Waals surface area contributed by atoms with Crippen molar-refractivity contribution in [3.05, 3.63) is 142 Å². The van der Waals surface area contributed by atoms with Crippen LogP contribution in [0.3, 0.4) is 0 Å². The molecule has 0 radical (unpaired) electrons. The van der Waals surface area contributed by atoms with Gasteiger partial charge < -0.3 is 52.5 Å². The molecule has 0 aliphatic carbocycles. The number of hydrogen-bond donors (Lipinski definition) is 1. The number of esters is 2. The normalized spacial score (nSPS) is 26.5. The molecule has 0 spiro atoms. The van der Waals surface area contributed by atoms with Gasteiger partial charge in [0.2, 0.25) is 0 Å². The number of aliphatic hydroxyl groups is 1. The number of rotatable bonds is 18. The van der Waals surface area contributed by atoms with Crippen molar-refractivity contribution in [3.8, 4) is 11.5 Å². The lowest BCUT2D eigenvalue weighted by atomic mass is 9.95. The zero-order valence-corrected chi connectivity index (χ0v) is 32.8. The second kappa shape index (κ2) is 21.5. The Morgan fingerprint density at radius 3 is 1.81 bits per heavy atom. The number of carbonyl (C=O) groups is 2. The predicted octanol–water partition coefficient (Wildman–Crippen LogP) is 5.44. The highest BCUT2D eigenvalue weighted by molar-refractivity contribution is 5.75. The first-order valence-corrected chi connectivity index (χ1v) is 18.9. The Labute approximate surface area is 341 Å². The Morgan fingerprint density at radius 1 is 0.712 bits per heavy atom. The maximum absolute atomic E-state index is 13.4. The summed E-state index contributed by atoms with van der Waals surface area (Å²) in [7, 11) is 2.69. The molecule has 2 fully saturated rings. The number of nitrogens with zero attached hydrogens (tertiary/aromatic N) is 3. The molecule has 6 rings (SSSR count). The lowest BCUT2D eigenvalue weighted by Crippen LogP contribution is -2.66. The molecule has 2 saturated heterocycles. The maximum atomic E-state index is 13.4. The first-order chi connectivity index (χ1) is 28.8. The molecule has 16 nitrogen and oxygen atoms in total. The van der Waals surface area contributed by atoms with Crippen LogP contribution in [0.4, 0.5) is 0 Å². The molecular weight excluding hydrogens is 766 g/mol. The van der Waals surface area contributed by atoms with Crippen LogP contribution in [-0.2, 0) is 67.3 Å². The summed E-state index contributed by atoms with van der Waals surface area (Å²) in [5, 5.41) is 15.2. The van der Waals surface area contributed by atoms with Crippen LogP contribution in [0.1, 0.15) is 23.6 Å². The first kappa shape index (κ1) is 43.0. The molecule has 59 heavy (non-hydrogen) atoms. The zero-order valence-electron chi connectivity index (χ0n) is 32.8. The third-order valence-corrected chi connectivity index (χ3v) is 9.64. The van der Waals surface area contributed by atoms with E-state index in [1.165, 1.54) is 0 Å². The van der Waals surface area contributed by atoms with Crippen molar-refractivity contribution in [2.24, 2.45) is 5.11 Å². The molecule has 0 saturated carbocycles. The number of benzene rings is 4. The summed E-state index contributed by atoms with van der Waals surface area (Å²) >= 11 is 0. The van der Waals surface area contributed by atoms with Crippen LogP contribution in [0.15, 0.2) is 120 Å². The molecule has 0 aromatic heterocycles. The Morgan fingerprint density at radius 2 is 1.27 bits per heavy atom. The van der Waals surface area contributed by atoms with Gasteiger partial charge in [0, 0.05) is 11.8 Å². The molecule has 4 aromatic carbocycles. The van der Waals surface area contributed by atoms with Crippen LogP contribution in [0.25, 0.3) is 10.4 Å². The average molecular weight is 814 g/mol. The van der Waals surface area contributed by atoms with Crippen LogP contribution < -0.4 is 9.47 Å². The van der Waals surface area contributed by atoms with Gasteiger partial charge in [-0.2, -0.15) is 0 Å². The van der Waals surface area contributed by atoms with E-state index in [9.17, 15) is 20.2 Å². The smallest absolute Gasteiger partial charge is 0.337 e. The minimum atomic E-state index is -1.83. The minimum Gasteiger partial charge on any atom is -0.497 e. The van der Waals surface area contributed by atoms with Gasteiger partial charge in [0.15, 0.2) is 30.9 Å². The van der Waals surface area contributed by atoms with E-state index in [0.29, 0.717) is 11.5 Å². The Balaban J connectivity index is 1.40. The molecule has 1 N–H and O–H groups in total. The van der Waals surface area contributed by atoms with Gasteiger partial charge in [-0.1, -0.05) is 96.1 Å². The van der Waals surface area contributed by atoms with Crippen molar-refractivity contribution in [1.82, 2.24) is 0 Å². The zero-order chi connectivity index (χ0) is 41.6. The molecule has 4 aromatic rings. The summed E-state index contributed by atoms with van der Waals surface area (Å²) in [4.78, 5) is 28.9. The lowest BCUT2D eigenvalue weighted by Gasteiger charge is -2.48. The fourth-order valence-corrected chi connectivity index (χ4v) is 6.81. The standard InChI is InChI=1S/C43H47N3O13/c1-27(47)55-39-37(54-25-30-17-11-6-12-18-30)38(40(41(48)51-3)58-42(39)49)59-43-34(45-46-44)36(53-24-29-15-9-5-10-16-29)35(56-32-21-19-31(50-2)20-22-32)33(57-43)26-52-23-28-13-7-4-8-14-28/h4-22,33-40,42-43,49H,23-26H2,1-3H3/t33-,34-,35-,36-,37+,38+,39-,40-,42+,43-/m1/s1. The molecule has 2 aliphatic heterocycles. The number of hydrogen-bond acceptors (Lipinski definition) is 14. The molecule has 10 atom stereocenters. The molecular formula is C43H47N3O13. The van der Waals surface area contributed by atoms with Gasteiger partial charge in [0.25, 0.3) is 0 Å². The largest absolute Gasteiger partial charge is 0.497 e.